The summed E-state index contributed by atoms with van der Waals surface area (Å²) in [5.74, 6) is 0.580. The number of carbonyl (C=O) groups is 1. The zero-order chi connectivity index (χ0) is 13.3. The summed E-state index contributed by atoms with van der Waals surface area (Å²) < 4.78 is 5.48. The quantitative estimate of drug-likeness (QED) is 0.862. The molecule has 0 saturated heterocycles. The Kier molecular flexibility index (Phi) is 3.30. The number of carbonyl (C=O) groups excluding carboxylic acids is 1. The first kappa shape index (κ1) is 12.9. The van der Waals surface area contributed by atoms with E-state index in [1.807, 2.05) is 18.2 Å². The number of ether oxygens (including phenoxy) is 1. The van der Waals surface area contributed by atoms with Gasteiger partial charge in [-0.15, -0.1) is 0 Å². The Hall–Kier alpha value is -1.55. The van der Waals surface area contributed by atoms with E-state index in [0.29, 0.717) is 17.9 Å². The van der Waals surface area contributed by atoms with Gasteiger partial charge in [0.1, 0.15) is 5.75 Å². The minimum Gasteiger partial charge on any atom is -0.479 e. The van der Waals surface area contributed by atoms with Gasteiger partial charge in [-0.3, -0.25) is 4.79 Å². The van der Waals surface area contributed by atoms with E-state index in [0.717, 1.165) is 12.0 Å². The van der Waals surface area contributed by atoms with Gasteiger partial charge in [0.2, 0.25) is 0 Å². The van der Waals surface area contributed by atoms with E-state index < -0.39 is 11.7 Å². The van der Waals surface area contributed by atoms with Gasteiger partial charge in [-0.25, -0.2) is 0 Å². The largest absolute Gasteiger partial charge is 0.479 e. The number of rotatable bonds is 3. The highest BCUT2D eigenvalue weighted by molar-refractivity contribution is 5.97. The second kappa shape index (κ2) is 4.61. The van der Waals surface area contributed by atoms with Gasteiger partial charge < -0.3 is 15.2 Å². The SMILES string of the molecule is CC1Oc2ccc(CCC(C)(C)O)cc2NC1=O. The molecule has 2 rings (SSSR count). The van der Waals surface area contributed by atoms with Crippen molar-refractivity contribution in [2.45, 2.75) is 45.3 Å². The van der Waals surface area contributed by atoms with Gasteiger partial charge in [-0.1, -0.05) is 6.07 Å². The van der Waals surface area contributed by atoms with Crippen molar-refractivity contribution in [3.63, 3.8) is 0 Å². The van der Waals surface area contributed by atoms with E-state index >= 15 is 0 Å². The first-order valence-corrected chi connectivity index (χ1v) is 6.18. The molecule has 0 radical (unpaired) electrons. The fourth-order valence-corrected chi connectivity index (χ4v) is 1.86. The molecule has 1 aliphatic heterocycles. The number of amides is 1. The monoisotopic (exact) mass is 249 g/mol. The molecule has 0 spiro atoms. The second-order valence-electron chi connectivity index (χ2n) is 5.39. The lowest BCUT2D eigenvalue weighted by Crippen LogP contribution is -2.34. The zero-order valence-corrected chi connectivity index (χ0v) is 11.0. The molecule has 1 aromatic carbocycles. The predicted octanol–water partition coefficient (Wildman–Crippen LogP) is 2.11. The Morgan fingerprint density at radius 1 is 1.44 bits per heavy atom. The van der Waals surface area contributed by atoms with Crippen molar-refractivity contribution in [3.8, 4) is 5.75 Å². The molecule has 98 valence electrons. The van der Waals surface area contributed by atoms with Crippen molar-refractivity contribution in [1.82, 2.24) is 0 Å². The maximum absolute atomic E-state index is 11.5. The third-order valence-electron chi connectivity index (χ3n) is 3.00. The van der Waals surface area contributed by atoms with Gasteiger partial charge >= 0.3 is 0 Å². The normalized spacial score (nSPS) is 18.9. The van der Waals surface area contributed by atoms with Crippen LogP contribution in [0.3, 0.4) is 0 Å². The Labute approximate surface area is 107 Å². The van der Waals surface area contributed by atoms with Crippen molar-refractivity contribution in [2.24, 2.45) is 0 Å². The van der Waals surface area contributed by atoms with E-state index in [9.17, 15) is 9.90 Å². The lowest BCUT2D eigenvalue weighted by Gasteiger charge is -2.24. The smallest absolute Gasteiger partial charge is 0.265 e. The number of aliphatic hydroxyl groups is 1. The second-order valence-corrected chi connectivity index (χ2v) is 5.39. The van der Waals surface area contributed by atoms with Crippen molar-refractivity contribution < 1.29 is 14.6 Å². The van der Waals surface area contributed by atoms with Crippen LogP contribution in [0.4, 0.5) is 5.69 Å². The summed E-state index contributed by atoms with van der Waals surface area (Å²) in [6.07, 6.45) is 0.999. The van der Waals surface area contributed by atoms with E-state index in [1.54, 1.807) is 20.8 Å². The van der Waals surface area contributed by atoms with Crippen LogP contribution in [0.1, 0.15) is 32.8 Å². The first-order valence-electron chi connectivity index (χ1n) is 6.18. The summed E-state index contributed by atoms with van der Waals surface area (Å²) in [5, 5.41) is 12.5. The summed E-state index contributed by atoms with van der Waals surface area (Å²) in [7, 11) is 0. The van der Waals surface area contributed by atoms with E-state index in [4.69, 9.17) is 4.74 Å². The van der Waals surface area contributed by atoms with Crippen molar-refractivity contribution in [3.05, 3.63) is 23.8 Å². The van der Waals surface area contributed by atoms with Crippen LogP contribution in [0.2, 0.25) is 0 Å². The molecule has 0 saturated carbocycles. The maximum Gasteiger partial charge on any atom is 0.265 e. The number of anilines is 1. The molecular formula is C14H19NO3. The fraction of sp³-hybridized carbons (Fsp3) is 0.500. The average Bonchev–Trinajstić information content (AvgIpc) is 2.27. The van der Waals surface area contributed by atoms with Crippen LogP contribution in [-0.2, 0) is 11.2 Å². The van der Waals surface area contributed by atoms with Gasteiger partial charge in [0.05, 0.1) is 11.3 Å². The Bertz CT molecular complexity index is 463. The highest BCUT2D eigenvalue weighted by Crippen LogP contribution is 2.31. The highest BCUT2D eigenvalue weighted by atomic mass is 16.5. The summed E-state index contributed by atoms with van der Waals surface area (Å²) in [5.41, 5.74) is 1.12. The number of hydrogen-bond donors (Lipinski definition) is 2. The van der Waals surface area contributed by atoms with Crippen LogP contribution >= 0.6 is 0 Å². The lowest BCUT2D eigenvalue weighted by molar-refractivity contribution is -0.122. The molecule has 1 aromatic rings. The summed E-state index contributed by atoms with van der Waals surface area (Å²) in [4.78, 5) is 11.5. The fourth-order valence-electron chi connectivity index (χ4n) is 1.86. The molecule has 0 fully saturated rings. The van der Waals surface area contributed by atoms with Crippen molar-refractivity contribution in [1.29, 1.82) is 0 Å². The average molecular weight is 249 g/mol. The molecule has 0 aliphatic carbocycles. The van der Waals surface area contributed by atoms with Crippen LogP contribution in [-0.4, -0.2) is 22.7 Å². The third kappa shape index (κ3) is 3.01. The molecule has 4 nitrogen and oxygen atoms in total. The zero-order valence-electron chi connectivity index (χ0n) is 11.0. The Morgan fingerprint density at radius 2 is 2.17 bits per heavy atom. The van der Waals surface area contributed by atoms with Gasteiger partial charge in [0, 0.05) is 0 Å². The molecule has 4 heteroatoms. The number of hydrogen-bond acceptors (Lipinski definition) is 3. The number of fused-ring (bicyclic) bond motifs is 1. The summed E-state index contributed by atoms with van der Waals surface area (Å²) >= 11 is 0. The number of nitrogens with one attached hydrogen (secondary N) is 1. The van der Waals surface area contributed by atoms with Crippen LogP contribution in [0.25, 0.3) is 0 Å². The molecule has 18 heavy (non-hydrogen) atoms. The third-order valence-corrected chi connectivity index (χ3v) is 3.00. The maximum atomic E-state index is 11.5. The van der Waals surface area contributed by atoms with Crippen molar-refractivity contribution >= 4 is 11.6 Å². The van der Waals surface area contributed by atoms with Gasteiger partial charge in [-0.05, 0) is 51.3 Å². The molecule has 2 N–H and O–H groups in total. The molecule has 0 aromatic heterocycles. The molecule has 1 atom stereocenters. The van der Waals surface area contributed by atoms with Crippen LogP contribution in [0.5, 0.6) is 5.75 Å². The minimum atomic E-state index is -0.676. The number of benzene rings is 1. The predicted molar refractivity (Wildman–Crippen MR) is 69.8 cm³/mol. The van der Waals surface area contributed by atoms with E-state index in [2.05, 4.69) is 5.32 Å². The van der Waals surface area contributed by atoms with Crippen molar-refractivity contribution in [2.75, 3.05) is 5.32 Å². The molecule has 0 bridgehead atoms. The van der Waals surface area contributed by atoms with Crippen LogP contribution < -0.4 is 10.1 Å². The first-order chi connectivity index (χ1) is 8.35. The highest BCUT2D eigenvalue weighted by Gasteiger charge is 2.23. The lowest BCUT2D eigenvalue weighted by atomic mass is 9.98. The van der Waals surface area contributed by atoms with E-state index in [1.165, 1.54) is 0 Å². The summed E-state index contributed by atoms with van der Waals surface area (Å²) in [6.45, 7) is 5.30. The molecule has 1 heterocycles. The van der Waals surface area contributed by atoms with Crippen LogP contribution in [0.15, 0.2) is 18.2 Å². The van der Waals surface area contributed by atoms with Gasteiger partial charge in [-0.2, -0.15) is 0 Å². The Morgan fingerprint density at radius 3 is 2.83 bits per heavy atom. The molecule has 1 amide bonds. The topological polar surface area (TPSA) is 58.6 Å². The standard InChI is InChI=1S/C14H19NO3/c1-9-13(16)15-11-8-10(4-5-12(11)18-9)6-7-14(2,3)17/h4-5,8-9,17H,6-7H2,1-3H3,(H,15,16). The van der Waals surface area contributed by atoms with E-state index in [-0.39, 0.29) is 5.91 Å². The van der Waals surface area contributed by atoms with Gasteiger partial charge in [0.15, 0.2) is 6.10 Å². The molecular weight excluding hydrogens is 230 g/mol. The molecule has 1 unspecified atom stereocenters. The van der Waals surface area contributed by atoms with Crippen LogP contribution in [0, 0.1) is 0 Å². The van der Waals surface area contributed by atoms with Gasteiger partial charge in [0.25, 0.3) is 5.91 Å². The summed E-state index contributed by atoms with van der Waals surface area (Å²) in [6, 6.07) is 5.74. The Balaban J connectivity index is 2.13. The minimum absolute atomic E-state index is 0.123. The molecule has 1 aliphatic rings. The number of aryl methyl sites for hydroxylation is 1.